The van der Waals surface area contributed by atoms with E-state index < -0.39 is 35.2 Å². The third-order valence-corrected chi connectivity index (χ3v) is 9.72. The van der Waals surface area contributed by atoms with E-state index in [1.54, 1.807) is 55.5 Å². The molecule has 68 heavy (non-hydrogen) atoms. The molecule has 0 atom stereocenters. The summed E-state index contributed by atoms with van der Waals surface area (Å²) in [7, 11) is 2.94. The van der Waals surface area contributed by atoms with Gasteiger partial charge in [-0.05, 0) is 78.4 Å². The number of halogens is 4. The molecule has 0 aliphatic rings. The smallest absolute Gasteiger partial charge is 0.306 e. The monoisotopic (exact) mass is 938 g/mol. The van der Waals surface area contributed by atoms with Crippen LogP contribution in [0.25, 0.3) is 0 Å². The lowest BCUT2D eigenvalue weighted by atomic mass is 10.1. The predicted octanol–water partition coefficient (Wildman–Crippen LogP) is 10.5. The SMILES string of the molecule is CCOC(=O)CCc1cc(F)c(OCc2ccc(OC/C(=N\OC)c3ccccc3)cc2)cc1F.CO/N=C(\COc1ccc(COc2cc(F)c(CCC(=O)O)cc2F)cc1)c1ccccc1. The molecular formula is C52H50F4N2O10. The van der Waals surface area contributed by atoms with Crippen LogP contribution < -0.4 is 18.9 Å². The third kappa shape index (κ3) is 16.5. The van der Waals surface area contributed by atoms with E-state index >= 15 is 0 Å². The van der Waals surface area contributed by atoms with E-state index in [0.717, 1.165) is 46.5 Å². The molecule has 0 aliphatic carbocycles. The first kappa shape index (κ1) is 51.1. The van der Waals surface area contributed by atoms with Crippen LogP contribution in [-0.2, 0) is 50.1 Å². The highest BCUT2D eigenvalue weighted by atomic mass is 19.1. The van der Waals surface area contributed by atoms with Gasteiger partial charge in [0.15, 0.2) is 23.1 Å². The number of carboxylic acids is 1. The Morgan fingerprint density at radius 3 is 1.32 bits per heavy atom. The summed E-state index contributed by atoms with van der Waals surface area (Å²) in [5.74, 6) is -3.56. The average Bonchev–Trinajstić information content (AvgIpc) is 3.35. The van der Waals surface area contributed by atoms with Crippen LogP contribution in [0.3, 0.4) is 0 Å². The van der Waals surface area contributed by atoms with Crippen molar-refractivity contribution in [2.75, 3.05) is 34.0 Å². The molecule has 6 rings (SSSR count). The number of aryl methyl sites for hydroxylation is 2. The van der Waals surface area contributed by atoms with Gasteiger partial charge in [-0.25, -0.2) is 17.6 Å². The zero-order chi connectivity index (χ0) is 48.7. The zero-order valence-corrected chi connectivity index (χ0v) is 37.6. The predicted molar refractivity (Wildman–Crippen MR) is 246 cm³/mol. The molecule has 12 nitrogen and oxygen atoms in total. The van der Waals surface area contributed by atoms with Gasteiger partial charge in [-0.1, -0.05) is 95.2 Å². The molecule has 0 aromatic heterocycles. The van der Waals surface area contributed by atoms with E-state index in [1.807, 2.05) is 60.7 Å². The summed E-state index contributed by atoms with van der Waals surface area (Å²) < 4.78 is 84.3. The van der Waals surface area contributed by atoms with Crippen molar-refractivity contribution in [1.82, 2.24) is 0 Å². The summed E-state index contributed by atoms with van der Waals surface area (Å²) in [6.07, 6.45) is -0.358. The van der Waals surface area contributed by atoms with Gasteiger partial charge in [0.1, 0.15) is 75.2 Å². The van der Waals surface area contributed by atoms with Gasteiger partial charge >= 0.3 is 11.9 Å². The summed E-state index contributed by atoms with van der Waals surface area (Å²) in [5.41, 5.74) is 4.61. The normalized spacial score (nSPS) is 11.2. The maximum atomic E-state index is 14.4. The second-order valence-electron chi connectivity index (χ2n) is 14.6. The van der Waals surface area contributed by atoms with Crippen molar-refractivity contribution < 1.29 is 65.6 Å². The fourth-order valence-electron chi connectivity index (χ4n) is 6.25. The number of esters is 1. The summed E-state index contributed by atoms with van der Waals surface area (Å²) in [5, 5.41) is 16.7. The highest BCUT2D eigenvalue weighted by Gasteiger charge is 2.15. The first-order valence-corrected chi connectivity index (χ1v) is 21.3. The Hall–Kier alpha value is -7.88. The van der Waals surface area contributed by atoms with Crippen molar-refractivity contribution in [2.45, 2.75) is 45.8 Å². The van der Waals surface area contributed by atoms with Gasteiger partial charge in [0.2, 0.25) is 0 Å². The highest BCUT2D eigenvalue weighted by molar-refractivity contribution is 6.01. The Labute approximate surface area is 391 Å². The van der Waals surface area contributed by atoms with Crippen LogP contribution in [0.1, 0.15) is 53.1 Å². The number of carboxylic acid groups (broad SMARTS) is 1. The maximum Gasteiger partial charge on any atom is 0.306 e. The second-order valence-corrected chi connectivity index (χ2v) is 14.6. The number of aliphatic carboxylic acids is 1. The molecule has 0 amide bonds. The molecule has 0 bridgehead atoms. The molecule has 1 N–H and O–H groups in total. The Morgan fingerprint density at radius 2 is 0.941 bits per heavy atom. The molecular weight excluding hydrogens is 889 g/mol. The lowest BCUT2D eigenvalue weighted by Crippen LogP contribution is -2.13. The molecule has 0 spiro atoms. The molecule has 6 aromatic rings. The molecule has 0 aliphatic heterocycles. The van der Waals surface area contributed by atoms with E-state index in [2.05, 4.69) is 10.3 Å². The van der Waals surface area contributed by atoms with Crippen LogP contribution in [0.5, 0.6) is 23.0 Å². The number of nitrogens with zero attached hydrogens (tertiary/aromatic N) is 2. The summed E-state index contributed by atoms with van der Waals surface area (Å²) in [6, 6.07) is 37.0. The summed E-state index contributed by atoms with van der Waals surface area (Å²) >= 11 is 0. The minimum absolute atomic E-state index is 0.00404. The van der Waals surface area contributed by atoms with Crippen LogP contribution in [-0.4, -0.2) is 62.5 Å². The number of hydrogen-bond acceptors (Lipinski definition) is 11. The Balaban J connectivity index is 0.000000255. The topological polar surface area (TPSA) is 144 Å². The molecule has 356 valence electrons. The van der Waals surface area contributed by atoms with Crippen molar-refractivity contribution in [3.8, 4) is 23.0 Å². The van der Waals surface area contributed by atoms with Gasteiger partial charge < -0.3 is 38.5 Å². The first-order chi connectivity index (χ1) is 33.0. The van der Waals surface area contributed by atoms with Crippen LogP contribution in [0.4, 0.5) is 17.6 Å². The first-order valence-electron chi connectivity index (χ1n) is 21.3. The molecule has 0 heterocycles. The van der Waals surface area contributed by atoms with E-state index in [0.29, 0.717) is 22.9 Å². The second kappa shape index (κ2) is 26.9. The van der Waals surface area contributed by atoms with Crippen molar-refractivity contribution in [2.24, 2.45) is 10.3 Å². The van der Waals surface area contributed by atoms with Gasteiger partial charge in [-0.2, -0.15) is 0 Å². The van der Waals surface area contributed by atoms with E-state index in [4.69, 9.17) is 38.5 Å². The minimum Gasteiger partial charge on any atom is -0.487 e. The van der Waals surface area contributed by atoms with Crippen molar-refractivity contribution in [3.63, 3.8) is 0 Å². The molecule has 0 unspecified atom stereocenters. The fraction of sp³-hybridized carbons (Fsp3) is 0.231. The number of ether oxygens (including phenoxy) is 5. The highest BCUT2D eigenvalue weighted by Crippen LogP contribution is 2.26. The fourth-order valence-corrected chi connectivity index (χ4v) is 6.25. The number of oxime groups is 2. The quantitative estimate of drug-likeness (QED) is 0.0285. The van der Waals surface area contributed by atoms with Gasteiger partial charge in [-0.3, -0.25) is 9.59 Å². The Morgan fingerprint density at radius 1 is 0.529 bits per heavy atom. The number of carbonyl (C=O) groups excluding carboxylic acids is 1. The average molecular weight is 939 g/mol. The number of rotatable bonds is 23. The van der Waals surface area contributed by atoms with Crippen LogP contribution >= 0.6 is 0 Å². The molecule has 0 fully saturated rings. The molecule has 0 saturated heterocycles. The van der Waals surface area contributed by atoms with Crippen molar-refractivity contribution >= 4 is 23.4 Å². The molecule has 0 saturated carbocycles. The van der Waals surface area contributed by atoms with Gasteiger partial charge in [0.25, 0.3) is 0 Å². The number of benzene rings is 6. The zero-order valence-electron chi connectivity index (χ0n) is 37.6. The lowest BCUT2D eigenvalue weighted by molar-refractivity contribution is -0.143. The van der Waals surface area contributed by atoms with Crippen molar-refractivity contribution in [3.05, 3.63) is 190 Å². The van der Waals surface area contributed by atoms with Crippen LogP contribution in [0, 0.1) is 23.3 Å². The Kier molecular flexibility index (Phi) is 20.2. The standard InChI is InChI=1S/C27H27F2NO5.C25H23F2NO5/c1-3-33-27(31)14-11-21-15-24(29)26(16-23(21)28)35-17-19-9-12-22(13-10-19)34-18-25(30-32-2)20-7-5-4-6-8-20;1-31-28-23(18-5-3-2-4-6-18)16-32-20-10-7-17(8-11-20)15-33-24-14-21(26)19(13-22(24)27)9-12-25(29)30/h4-10,12-13,15-16H,3,11,14,17-18H2,1-2H3;2-8,10-11,13-14H,9,12,15-16H2,1H3,(H,29,30)/b30-25+;28-23+. The number of hydrogen-bond donors (Lipinski definition) is 1. The number of carbonyl (C=O) groups is 2. The lowest BCUT2D eigenvalue weighted by Gasteiger charge is -2.11. The molecule has 0 radical (unpaired) electrons. The summed E-state index contributed by atoms with van der Waals surface area (Å²) in [6.45, 7) is 2.40. The van der Waals surface area contributed by atoms with Crippen molar-refractivity contribution in [1.29, 1.82) is 0 Å². The van der Waals surface area contributed by atoms with E-state index in [9.17, 15) is 27.2 Å². The van der Waals surface area contributed by atoms with Crippen LogP contribution in [0.2, 0.25) is 0 Å². The van der Waals surface area contributed by atoms with E-state index in [1.165, 1.54) is 14.2 Å². The molecule has 16 heteroatoms. The van der Waals surface area contributed by atoms with E-state index in [-0.39, 0.29) is 81.3 Å². The summed E-state index contributed by atoms with van der Waals surface area (Å²) in [4.78, 5) is 31.9. The minimum atomic E-state index is -1.08. The maximum absolute atomic E-state index is 14.4. The van der Waals surface area contributed by atoms with Gasteiger partial charge in [-0.15, -0.1) is 0 Å². The molecule has 6 aromatic carbocycles. The van der Waals surface area contributed by atoms with Gasteiger partial charge in [0.05, 0.1) is 6.61 Å². The third-order valence-electron chi connectivity index (χ3n) is 9.72. The van der Waals surface area contributed by atoms with Crippen LogP contribution in [0.15, 0.2) is 144 Å². The van der Waals surface area contributed by atoms with Gasteiger partial charge in [0, 0.05) is 36.1 Å². The largest absolute Gasteiger partial charge is 0.487 e. The Bertz CT molecular complexity index is 2600.